The third kappa shape index (κ3) is 4.79. The molecule has 2 amide bonds. The summed E-state index contributed by atoms with van der Waals surface area (Å²) in [5, 5.41) is 5.65. The summed E-state index contributed by atoms with van der Waals surface area (Å²) in [6.45, 7) is 2.40. The number of urea groups is 1. The summed E-state index contributed by atoms with van der Waals surface area (Å²) >= 11 is 0. The fraction of sp³-hybridized carbons (Fsp3) is 0.316. The van der Waals surface area contributed by atoms with Gasteiger partial charge in [0, 0.05) is 12.2 Å². The van der Waals surface area contributed by atoms with E-state index in [4.69, 9.17) is 14.2 Å². The highest BCUT2D eigenvalue weighted by atomic mass is 16.5. The van der Waals surface area contributed by atoms with Crippen molar-refractivity contribution in [3.63, 3.8) is 0 Å². The maximum atomic E-state index is 12.1. The zero-order valence-corrected chi connectivity index (χ0v) is 15.0. The van der Waals surface area contributed by atoms with E-state index >= 15 is 0 Å². The lowest BCUT2D eigenvalue weighted by atomic mass is 10.1. The van der Waals surface area contributed by atoms with Crippen LogP contribution in [0.15, 0.2) is 36.4 Å². The van der Waals surface area contributed by atoms with Gasteiger partial charge in [0.05, 0.1) is 21.3 Å². The first-order valence-electron chi connectivity index (χ1n) is 8.04. The van der Waals surface area contributed by atoms with Crippen molar-refractivity contribution in [2.75, 3.05) is 26.6 Å². The number of hydrogen-bond donors (Lipinski definition) is 2. The smallest absolute Gasteiger partial charge is 0.319 e. The van der Waals surface area contributed by atoms with E-state index in [1.54, 1.807) is 33.5 Å². The summed E-state index contributed by atoms with van der Waals surface area (Å²) < 4.78 is 15.9. The molecule has 0 saturated heterocycles. The third-order valence-corrected chi connectivity index (χ3v) is 3.77. The Hall–Kier alpha value is -2.89. The Kier molecular flexibility index (Phi) is 6.51. The number of aryl methyl sites for hydroxylation is 1. The summed E-state index contributed by atoms with van der Waals surface area (Å²) in [5.74, 6) is 1.62. The van der Waals surface area contributed by atoms with Crippen molar-refractivity contribution in [3.05, 3.63) is 47.5 Å². The summed E-state index contributed by atoms with van der Waals surface area (Å²) in [6.07, 6.45) is 0.919. The van der Waals surface area contributed by atoms with E-state index in [-0.39, 0.29) is 6.03 Å². The number of ether oxygens (including phenoxy) is 3. The quantitative estimate of drug-likeness (QED) is 0.805. The zero-order valence-electron chi connectivity index (χ0n) is 15.0. The lowest BCUT2D eigenvalue weighted by molar-refractivity contribution is 0.251. The lowest BCUT2D eigenvalue weighted by Gasteiger charge is -2.14. The molecule has 0 bridgehead atoms. The Bertz CT molecular complexity index is 706. The Morgan fingerprint density at radius 2 is 1.64 bits per heavy atom. The van der Waals surface area contributed by atoms with Crippen LogP contribution in [0.2, 0.25) is 0 Å². The molecule has 6 heteroatoms. The van der Waals surface area contributed by atoms with Gasteiger partial charge in [-0.1, -0.05) is 19.1 Å². The highest BCUT2D eigenvalue weighted by Crippen LogP contribution is 2.38. The molecule has 0 aliphatic rings. The van der Waals surface area contributed by atoms with Crippen LogP contribution in [0.1, 0.15) is 18.1 Å². The monoisotopic (exact) mass is 344 g/mol. The molecular formula is C19H24N2O4. The summed E-state index contributed by atoms with van der Waals surface area (Å²) in [4.78, 5) is 12.1. The molecule has 2 N–H and O–H groups in total. The first-order chi connectivity index (χ1) is 12.1. The lowest BCUT2D eigenvalue weighted by Crippen LogP contribution is -2.28. The molecular weight excluding hydrogens is 320 g/mol. The highest BCUT2D eigenvalue weighted by molar-refractivity contribution is 5.89. The summed E-state index contributed by atoms with van der Waals surface area (Å²) in [5.41, 5.74) is 2.77. The molecule has 0 radical (unpaired) electrons. The molecule has 0 spiro atoms. The van der Waals surface area contributed by atoms with Gasteiger partial charge in [-0.2, -0.15) is 0 Å². The van der Waals surface area contributed by atoms with Crippen LogP contribution in [0, 0.1) is 0 Å². The molecule has 2 rings (SSSR count). The first-order valence-corrected chi connectivity index (χ1v) is 8.04. The van der Waals surface area contributed by atoms with Crippen LogP contribution in [-0.2, 0) is 13.0 Å². The van der Waals surface area contributed by atoms with Crippen LogP contribution < -0.4 is 24.8 Å². The minimum atomic E-state index is -0.276. The van der Waals surface area contributed by atoms with Crippen molar-refractivity contribution in [2.24, 2.45) is 0 Å². The number of methoxy groups -OCH3 is 3. The predicted octanol–water partition coefficient (Wildman–Crippen LogP) is 3.60. The largest absolute Gasteiger partial charge is 0.493 e. The normalized spacial score (nSPS) is 10.1. The second-order valence-corrected chi connectivity index (χ2v) is 5.40. The van der Waals surface area contributed by atoms with Crippen LogP contribution in [0.25, 0.3) is 0 Å². The van der Waals surface area contributed by atoms with Gasteiger partial charge in [0.1, 0.15) is 0 Å². The summed E-state index contributed by atoms with van der Waals surface area (Å²) in [6, 6.07) is 11.1. The number of amides is 2. The molecule has 0 fully saturated rings. The van der Waals surface area contributed by atoms with Gasteiger partial charge in [-0.25, -0.2) is 4.79 Å². The van der Waals surface area contributed by atoms with Gasteiger partial charge in [0.25, 0.3) is 0 Å². The van der Waals surface area contributed by atoms with Gasteiger partial charge in [0.15, 0.2) is 11.5 Å². The van der Waals surface area contributed by atoms with Crippen LogP contribution in [0.3, 0.4) is 0 Å². The SMILES string of the molecule is CCc1cccc(NC(=O)NCc2cc(OC)c(OC)c(OC)c2)c1. The molecule has 6 nitrogen and oxygen atoms in total. The topological polar surface area (TPSA) is 68.8 Å². The standard InChI is InChI=1S/C19H24N2O4/c1-5-13-7-6-8-15(9-13)21-19(22)20-12-14-10-16(23-2)18(25-4)17(11-14)24-3/h6-11H,5,12H2,1-4H3,(H2,20,21,22). The molecule has 2 aromatic rings. The zero-order chi connectivity index (χ0) is 18.2. The summed E-state index contributed by atoms with van der Waals surface area (Å²) in [7, 11) is 4.67. The van der Waals surface area contributed by atoms with E-state index in [0.717, 1.165) is 17.7 Å². The van der Waals surface area contributed by atoms with Crippen molar-refractivity contribution in [1.82, 2.24) is 5.32 Å². The number of rotatable bonds is 7. The van der Waals surface area contributed by atoms with Crippen LogP contribution >= 0.6 is 0 Å². The molecule has 134 valence electrons. The van der Waals surface area contributed by atoms with Gasteiger partial charge in [0.2, 0.25) is 5.75 Å². The number of hydrogen-bond acceptors (Lipinski definition) is 4. The van der Waals surface area contributed by atoms with E-state index in [0.29, 0.717) is 23.8 Å². The molecule has 0 atom stereocenters. The second kappa shape index (κ2) is 8.82. The molecule has 0 aromatic heterocycles. The van der Waals surface area contributed by atoms with Crippen molar-refractivity contribution < 1.29 is 19.0 Å². The van der Waals surface area contributed by atoms with Crippen molar-refractivity contribution >= 4 is 11.7 Å². The molecule has 0 saturated carbocycles. The van der Waals surface area contributed by atoms with Gasteiger partial charge < -0.3 is 24.8 Å². The minimum absolute atomic E-state index is 0.276. The van der Waals surface area contributed by atoms with E-state index in [1.165, 1.54) is 5.56 Å². The average Bonchev–Trinajstić information content (AvgIpc) is 2.65. The third-order valence-electron chi connectivity index (χ3n) is 3.77. The molecule has 0 aliphatic heterocycles. The molecule has 25 heavy (non-hydrogen) atoms. The Morgan fingerprint density at radius 1 is 0.960 bits per heavy atom. The van der Waals surface area contributed by atoms with Gasteiger partial charge in [-0.15, -0.1) is 0 Å². The van der Waals surface area contributed by atoms with Crippen LogP contribution in [-0.4, -0.2) is 27.4 Å². The number of anilines is 1. The number of carbonyl (C=O) groups is 1. The Balaban J connectivity index is 2.03. The van der Waals surface area contributed by atoms with Gasteiger partial charge >= 0.3 is 6.03 Å². The maximum absolute atomic E-state index is 12.1. The average molecular weight is 344 g/mol. The molecule has 2 aromatic carbocycles. The molecule has 0 aliphatic carbocycles. The van der Waals surface area contributed by atoms with E-state index in [9.17, 15) is 4.79 Å². The number of benzene rings is 2. The fourth-order valence-electron chi connectivity index (χ4n) is 2.46. The maximum Gasteiger partial charge on any atom is 0.319 e. The van der Waals surface area contributed by atoms with Crippen molar-refractivity contribution in [1.29, 1.82) is 0 Å². The van der Waals surface area contributed by atoms with E-state index < -0.39 is 0 Å². The highest BCUT2D eigenvalue weighted by Gasteiger charge is 2.13. The van der Waals surface area contributed by atoms with Gasteiger partial charge in [-0.05, 0) is 41.8 Å². The van der Waals surface area contributed by atoms with Crippen LogP contribution in [0.4, 0.5) is 10.5 Å². The van der Waals surface area contributed by atoms with E-state index in [2.05, 4.69) is 17.6 Å². The second-order valence-electron chi connectivity index (χ2n) is 5.40. The fourth-order valence-corrected chi connectivity index (χ4v) is 2.46. The van der Waals surface area contributed by atoms with Gasteiger partial charge in [-0.3, -0.25) is 0 Å². The van der Waals surface area contributed by atoms with Crippen LogP contribution in [0.5, 0.6) is 17.2 Å². The Labute approximate surface area is 148 Å². The Morgan fingerprint density at radius 3 is 2.20 bits per heavy atom. The van der Waals surface area contributed by atoms with Crippen molar-refractivity contribution in [2.45, 2.75) is 19.9 Å². The number of carbonyl (C=O) groups excluding carboxylic acids is 1. The molecule has 0 unspecified atom stereocenters. The first kappa shape index (κ1) is 18.4. The number of nitrogens with one attached hydrogen (secondary N) is 2. The minimum Gasteiger partial charge on any atom is -0.493 e. The van der Waals surface area contributed by atoms with E-state index in [1.807, 2.05) is 24.3 Å². The molecule has 0 heterocycles. The predicted molar refractivity (Wildman–Crippen MR) is 97.8 cm³/mol. The van der Waals surface area contributed by atoms with Crippen molar-refractivity contribution in [3.8, 4) is 17.2 Å².